The number of halogens is 1. The quantitative estimate of drug-likeness (QED) is 0.697. The lowest BCUT2D eigenvalue weighted by Crippen LogP contribution is -2.42. The van der Waals surface area contributed by atoms with Crippen molar-refractivity contribution in [1.29, 1.82) is 0 Å². The molecule has 0 radical (unpaired) electrons. The topological polar surface area (TPSA) is 73.9 Å². The van der Waals surface area contributed by atoms with Crippen molar-refractivity contribution in [3.8, 4) is 11.5 Å². The van der Waals surface area contributed by atoms with Gasteiger partial charge in [-0.3, -0.25) is 9.59 Å². The van der Waals surface area contributed by atoms with E-state index in [9.17, 15) is 9.59 Å². The molecule has 29 heavy (non-hydrogen) atoms. The maximum Gasteiger partial charge on any atom is 0.314 e. The third-order valence-corrected chi connectivity index (χ3v) is 4.84. The Bertz CT molecular complexity index is 853. The third kappa shape index (κ3) is 5.64. The second kappa shape index (κ2) is 9.65. The van der Waals surface area contributed by atoms with Gasteiger partial charge in [0.1, 0.15) is 12.7 Å². The summed E-state index contributed by atoms with van der Waals surface area (Å²) in [7, 11) is 0. The van der Waals surface area contributed by atoms with Crippen LogP contribution < -0.4 is 14.8 Å². The molecular formula is C22H24ClNO5. The molecule has 0 unspecified atom stereocenters. The molecule has 6 nitrogen and oxygen atoms in total. The number of amides is 1. The van der Waals surface area contributed by atoms with Crippen LogP contribution in [0.3, 0.4) is 0 Å². The van der Waals surface area contributed by atoms with Crippen molar-refractivity contribution in [2.45, 2.75) is 25.9 Å². The molecule has 0 bridgehead atoms. The molecule has 154 valence electrons. The lowest BCUT2D eigenvalue weighted by atomic mass is 9.88. The van der Waals surface area contributed by atoms with E-state index in [0.29, 0.717) is 23.1 Å². The van der Waals surface area contributed by atoms with E-state index in [1.165, 1.54) is 0 Å². The fourth-order valence-electron chi connectivity index (χ4n) is 3.13. The molecule has 2 aromatic carbocycles. The first-order chi connectivity index (χ1) is 13.9. The maximum atomic E-state index is 12.5. The Morgan fingerprint density at radius 3 is 2.52 bits per heavy atom. The number of hydrogen-bond acceptors (Lipinski definition) is 5. The molecule has 1 N–H and O–H groups in total. The molecule has 1 heterocycles. The lowest BCUT2D eigenvalue weighted by Gasteiger charge is -2.26. The second-order valence-electron chi connectivity index (χ2n) is 7.18. The van der Waals surface area contributed by atoms with E-state index in [1.54, 1.807) is 24.3 Å². The number of fused-ring (bicyclic) bond motifs is 1. The van der Waals surface area contributed by atoms with Crippen LogP contribution >= 0.6 is 11.6 Å². The minimum absolute atomic E-state index is 0.0135. The number of nitrogens with one attached hydrogen (secondary N) is 1. The van der Waals surface area contributed by atoms with Gasteiger partial charge in [-0.15, -0.1) is 0 Å². The highest BCUT2D eigenvalue weighted by atomic mass is 35.5. The number of hydrogen-bond donors (Lipinski definition) is 1. The first-order valence-electron chi connectivity index (χ1n) is 9.51. The van der Waals surface area contributed by atoms with Gasteiger partial charge in [0.05, 0.1) is 12.5 Å². The molecule has 0 fully saturated rings. The van der Waals surface area contributed by atoms with Gasteiger partial charge in [-0.05, 0) is 35.7 Å². The zero-order chi connectivity index (χ0) is 20.8. The number of esters is 1. The predicted molar refractivity (Wildman–Crippen MR) is 109 cm³/mol. The van der Waals surface area contributed by atoms with E-state index in [-0.39, 0.29) is 31.1 Å². The summed E-state index contributed by atoms with van der Waals surface area (Å²) in [6.45, 7) is 4.11. The van der Waals surface area contributed by atoms with Crippen LogP contribution in [0.25, 0.3) is 0 Å². The lowest BCUT2D eigenvalue weighted by molar-refractivity contribution is -0.151. The van der Waals surface area contributed by atoms with Crippen molar-refractivity contribution in [2.24, 2.45) is 5.92 Å². The van der Waals surface area contributed by atoms with Crippen LogP contribution in [0.1, 0.15) is 25.3 Å². The average Bonchev–Trinajstić information content (AvgIpc) is 2.72. The van der Waals surface area contributed by atoms with Gasteiger partial charge in [-0.1, -0.05) is 49.7 Å². The molecule has 2 aromatic rings. The average molecular weight is 418 g/mol. The third-order valence-electron chi connectivity index (χ3n) is 4.59. The van der Waals surface area contributed by atoms with Crippen LogP contribution in [-0.2, 0) is 14.3 Å². The predicted octanol–water partition coefficient (Wildman–Crippen LogP) is 3.58. The number of carbonyl (C=O) groups excluding carboxylic acids is 2. The van der Waals surface area contributed by atoms with Crippen molar-refractivity contribution in [3.05, 3.63) is 59.1 Å². The summed E-state index contributed by atoms with van der Waals surface area (Å²) in [5.41, 5.74) is 0.807. The molecule has 1 aliphatic rings. The van der Waals surface area contributed by atoms with Gasteiger partial charge in [0.25, 0.3) is 5.91 Å². The Kier molecular flexibility index (Phi) is 6.99. The fraction of sp³-hybridized carbons (Fsp3) is 0.364. The molecular weight excluding hydrogens is 394 g/mol. The minimum atomic E-state index is -0.466. The largest absolute Gasteiger partial charge is 0.486 e. The summed E-state index contributed by atoms with van der Waals surface area (Å²) in [4.78, 5) is 24.6. The summed E-state index contributed by atoms with van der Waals surface area (Å²) in [5, 5.41) is 3.31. The fourth-order valence-corrected chi connectivity index (χ4v) is 3.26. The summed E-state index contributed by atoms with van der Waals surface area (Å²) in [5.74, 6) is 0.0485. The van der Waals surface area contributed by atoms with Crippen molar-refractivity contribution < 1.29 is 23.8 Å². The number of para-hydroxylation sites is 2. The molecule has 2 atom stereocenters. The Balaban J connectivity index is 1.47. The molecule has 0 aliphatic carbocycles. The van der Waals surface area contributed by atoms with Gasteiger partial charge in [0, 0.05) is 5.02 Å². The molecule has 7 heteroatoms. The van der Waals surface area contributed by atoms with Crippen LogP contribution in [0.2, 0.25) is 5.02 Å². The van der Waals surface area contributed by atoms with Crippen molar-refractivity contribution in [1.82, 2.24) is 5.32 Å². The minimum Gasteiger partial charge on any atom is -0.486 e. The molecule has 0 aromatic heterocycles. The monoisotopic (exact) mass is 417 g/mol. The van der Waals surface area contributed by atoms with E-state index in [0.717, 1.165) is 5.56 Å². The van der Waals surface area contributed by atoms with Gasteiger partial charge in [0.2, 0.25) is 0 Å². The zero-order valence-electron chi connectivity index (χ0n) is 16.4. The molecule has 0 saturated heterocycles. The highest BCUT2D eigenvalue weighted by Crippen LogP contribution is 2.30. The van der Waals surface area contributed by atoms with E-state index in [1.807, 2.05) is 38.1 Å². The SMILES string of the molecule is CC(C)[C@H](C(=O)OCC(=O)NC[C@H]1COc2ccccc2O1)c1ccc(Cl)cc1. The zero-order valence-corrected chi connectivity index (χ0v) is 17.1. The summed E-state index contributed by atoms with van der Waals surface area (Å²) >= 11 is 5.92. The van der Waals surface area contributed by atoms with Gasteiger partial charge < -0.3 is 19.5 Å². The number of benzene rings is 2. The smallest absolute Gasteiger partial charge is 0.314 e. The number of ether oxygens (including phenoxy) is 3. The standard InChI is InChI=1S/C22H24ClNO5/c1-14(2)21(15-7-9-16(23)10-8-15)22(26)28-13-20(25)24-11-17-12-27-18-5-3-4-6-19(18)29-17/h3-10,14,17,21H,11-13H2,1-2H3,(H,24,25)/t17-,21-/m0/s1. The van der Waals surface area contributed by atoms with Crippen LogP contribution in [0.4, 0.5) is 0 Å². The Hall–Kier alpha value is -2.73. The van der Waals surface area contributed by atoms with E-state index in [2.05, 4.69) is 5.32 Å². The van der Waals surface area contributed by atoms with Crippen LogP contribution in [0.5, 0.6) is 11.5 Å². The van der Waals surface area contributed by atoms with Crippen LogP contribution in [0.15, 0.2) is 48.5 Å². The van der Waals surface area contributed by atoms with Gasteiger partial charge in [0.15, 0.2) is 18.1 Å². The highest BCUT2D eigenvalue weighted by Gasteiger charge is 2.27. The van der Waals surface area contributed by atoms with Crippen LogP contribution in [0, 0.1) is 5.92 Å². The molecule has 1 amide bonds. The molecule has 3 rings (SSSR count). The summed E-state index contributed by atoms with van der Waals surface area (Å²) < 4.78 is 16.6. The first-order valence-corrected chi connectivity index (χ1v) is 9.89. The van der Waals surface area contributed by atoms with Gasteiger partial charge >= 0.3 is 5.97 Å². The van der Waals surface area contributed by atoms with E-state index < -0.39 is 11.9 Å². The van der Waals surface area contributed by atoms with Gasteiger partial charge in [-0.25, -0.2) is 0 Å². The Labute approximate surface area is 175 Å². The van der Waals surface area contributed by atoms with E-state index >= 15 is 0 Å². The van der Waals surface area contributed by atoms with Crippen LogP contribution in [-0.4, -0.2) is 37.7 Å². The molecule has 1 aliphatic heterocycles. The molecule has 0 saturated carbocycles. The molecule has 0 spiro atoms. The van der Waals surface area contributed by atoms with E-state index in [4.69, 9.17) is 25.8 Å². The number of rotatable bonds is 7. The summed E-state index contributed by atoms with van der Waals surface area (Å²) in [6.07, 6.45) is -0.304. The summed E-state index contributed by atoms with van der Waals surface area (Å²) in [6, 6.07) is 14.4. The normalized spacial score (nSPS) is 16.2. The number of carbonyl (C=O) groups is 2. The first kappa shape index (κ1) is 21.0. The van der Waals surface area contributed by atoms with Gasteiger partial charge in [-0.2, -0.15) is 0 Å². The van der Waals surface area contributed by atoms with Crippen molar-refractivity contribution in [2.75, 3.05) is 19.8 Å². The van der Waals surface area contributed by atoms with Crippen molar-refractivity contribution >= 4 is 23.5 Å². The Morgan fingerprint density at radius 2 is 1.83 bits per heavy atom. The van der Waals surface area contributed by atoms with Crippen molar-refractivity contribution in [3.63, 3.8) is 0 Å². The second-order valence-corrected chi connectivity index (χ2v) is 7.62. The highest BCUT2D eigenvalue weighted by molar-refractivity contribution is 6.30. The maximum absolute atomic E-state index is 12.5. The Morgan fingerprint density at radius 1 is 1.14 bits per heavy atom.